The van der Waals surface area contributed by atoms with Gasteiger partial charge in [-0.05, 0) is 43.5 Å². The first-order valence-corrected chi connectivity index (χ1v) is 7.64. The molecule has 0 saturated carbocycles. The molecular weight excluding hydrogens is 294 g/mol. The van der Waals surface area contributed by atoms with E-state index in [9.17, 15) is 0 Å². The zero-order chi connectivity index (χ0) is 15.6. The molecule has 0 bridgehead atoms. The summed E-state index contributed by atoms with van der Waals surface area (Å²) in [5, 5.41) is 5.03. The van der Waals surface area contributed by atoms with Crippen LogP contribution in [0.1, 0.15) is 30.5 Å². The quantitative estimate of drug-likeness (QED) is 0.659. The lowest BCUT2D eigenvalue weighted by Gasteiger charge is -2.28. The number of fused-ring (bicyclic) bond motifs is 1. The summed E-state index contributed by atoms with van der Waals surface area (Å²) >= 11 is 5.88. The molecule has 1 heterocycles. The lowest BCUT2D eigenvalue weighted by Crippen LogP contribution is -2.34. The Balaban J connectivity index is 1.81. The highest BCUT2D eigenvalue weighted by Crippen LogP contribution is 2.25. The van der Waals surface area contributed by atoms with Crippen LogP contribution < -0.4 is 5.43 Å². The van der Waals surface area contributed by atoms with E-state index in [0.29, 0.717) is 0 Å². The number of nitrogens with one attached hydrogen (secondary N) is 1. The van der Waals surface area contributed by atoms with Gasteiger partial charge in [-0.15, -0.1) is 0 Å². The molecule has 0 saturated heterocycles. The molecular formula is C18H18ClN3. The maximum Gasteiger partial charge on any atom is 0.149 e. The summed E-state index contributed by atoms with van der Waals surface area (Å²) in [4.78, 5) is 4.77. The lowest BCUT2D eigenvalue weighted by molar-refractivity contribution is 0.509. The number of amidine groups is 1. The molecule has 3 nitrogen and oxygen atoms in total. The Hall–Kier alpha value is -2.13. The number of rotatable bonds is 2. The predicted molar refractivity (Wildman–Crippen MR) is 92.9 cm³/mol. The molecule has 3 rings (SSSR count). The van der Waals surface area contributed by atoms with E-state index in [2.05, 4.69) is 42.6 Å². The van der Waals surface area contributed by atoms with Crippen LogP contribution in [0.3, 0.4) is 0 Å². The van der Waals surface area contributed by atoms with Gasteiger partial charge in [-0.2, -0.15) is 5.10 Å². The second-order valence-electron chi connectivity index (χ2n) is 6.03. The molecule has 1 N–H and O–H groups in total. The van der Waals surface area contributed by atoms with Crippen molar-refractivity contribution in [1.29, 1.82) is 0 Å². The summed E-state index contributed by atoms with van der Waals surface area (Å²) in [6, 6.07) is 15.9. The van der Waals surface area contributed by atoms with Gasteiger partial charge in [0.1, 0.15) is 5.84 Å². The van der Waals surface area contributed by atoms with Gasteiger partial charge in [-0.3, -0.25) is 10.4 Å². The van der Waals surface area contributed by atoms with Gasteiger partial charge in [0.05, 0.1) is 11.8 Å². The second kappa shape index (κ2) is 5.93. The maximum absolute atomic E-state index is 5.88. The summed E-state index contributed by atoms with van der Waals surface area (Å²) in [5.41, 5.74) is 6.37. The third kappa shape index (κ3) is 3.37. The molecule has 2 aromatic rings. The van der Waals surface area contributed by atoms with Crippen LogP contribution in [0, 0.1) is 0 Å². The van der Waals surface area contributed by atoms with Crippen molar-refractivity contribution in [3.8, 4) is 0 Å². The number of benzene rings is 2. The maximum atomic E-state index is 5.88. The zero-order valence-corrected chi connectivity index (χ0v) is 13.4. The third-order valence-electron chi connectivity index (χ3n) is 3.56. The molecule has 0 fully saturated rings. The molecule has 112 valence electrons. The van der Waals surface area contributed by atoms with Gasteiger partial charge in [0.2, 0.25) is 0 Å². The first-order valence-electron chi connectivity index (χ1n) is 7.26. The van der Waals surface area contributed by atoms with Gasteiger partial charge in [0.15, 0.2) is 0 Å². The average Bonchev–Trinajstić information content (AvgIpc) is 2.48. The van der Waals surface area contributed by atoms with Crippen LogP contribution in [0.2, 0.25) is 5.02 Å². The zero-order valence-electron chi connectivity index (χ0n) is 12.7. The van der Waals surface area contributed by atoms with Gasteiger partial charge in [0, 0.05) is 10.6 Å². The fourth-order valence-corrected chi connectivity index (χ4v) is 2.70. The van der Waals surface area contributed by atoms with Crippen molar-refractivity contribution in [2.45, 2.75) is 25.8 Å². The normalized spacial score (nSPS) is 16.2. The van der Waals surface area contributed by atoms with Crippen LogP contribution in [0.15, 0.2) is 58.6 Å². The van der Waals surface area contributed by atoms with E-state index in [1.54, 1.807) is 6.21 Å². The first kappa shape index (κ1) is 14.8. The van der Waals surface area contributed by atoms with Crippen molar-refractivity contribution in [1.82, 2.24) is 5.43 Å². The van der Waals surface area contributed by atoms with Gasteiger partial charge >= 0.3 is 0 Å². The Labute approximate surface area is 135 Å². The monoisotopic (exact) mass is 311 g/mol. The van der Waals surface area contributed by atoms with E-state index in [4.69, 9.17) is 16.6 Å². The van der Waals surface area contributed by atoms with E-state index >= 15 is 0 Å². The van der Waals surface area contributed by atoms with Crippen LogP contribution in [0.5, 0.6) is 0 Å². The van der Waals surface area contributed by atoms with Crippen LogP contribution in [-0.4, -0.2) is 17.6 Å². The highest BCUT2D eigenvalue weighted by atomic mass is 35.5. The third-order valence-corrected chi connectivity index (χ3v) is 3.82. The van der Waals surface area contributed by atoms with Gasteiger partial charge in [-0.25, -0.2) is 0 Å². The Kier molecular flexibility index (Phi) is 3.99. The van der Waals surface area contributed by atoms with Crippen molar-refractivity contribution >= 4 is 23.7 Å². The van der Waals surface area contributed by atoms with Crippen molar-refractivity contribution in [3.05, 3.63) is 70.2 Å². The molecule has 0 amide bonds. The van der Waals surface area contributed by atoms with Gasteiger partial charge < -0.3 is 0 Å². The van der Waals surface area contributed by atoms with E-state index in [1.807, 2.05) is 30.3 Å². The summed E-state index contributed by atoms with van der Waals surface area (Å²) in [5.74, 6) is 0.817. The van der Waals surface area contributed by atoms with E-state index in [1.165, 1.54) is 5.56 Å². The van der Waals surface area contributed by atoms with E-state index < -0.39 is 0 Å². The van der Waals surface area contributed by atoms with Crippen molar-refractivity contribution in [2.24, 2.45) is 10.1 Å². The highest BCUT2D eigenvalue weighted by molar-refractivity contribution is 6.30. The molecule has 4 heteroatoms. The molecule has 2 aromatic carbocycles. The number of hydrazone groups is 1. The molecule has 0 aromatic heterocycles. The molecule has 0 spiro atoms. The minimum Gasteiger partial charge on any atom is -0.261 e. The fraction of sp³-hybridized carbons (Fsp3) is 0.222. The molecule has 0 radical (unpaired) electrons. The molecule has 0 atom stereocenters. The Morgan fingerprint density at radius 1 is 1.14 bits per heavy atom. The summed E-state index contributed by atoms with van der Waals surface area (Å²) in [7, 11) is 0. The van der Waals surface area contributed by atoms with Crippen LogP contribution in [-0.2, 0) is 6.42 Å². The number of halogens is 1. The predicted octanol–water partition coefficient (Wildman–Crippen LogP) is 4.05. The summed E-state index contributed by atoms with van der Waals surface area (Å²) in [6.07, 6.45) is 2.71. The Morgan fingerprint density at radius 3 is 2.64 bits per heavy atom. The largest absolute Gasteiger partial charge is 0.261 e. The minimum atomic E-state index is -0.119. The summed E-state index contributed by atoms with van der Waals surface area (Å²) in [6.45, 7) is 4.26. The van der Waals surface area contributed by atoms with Crippen molar-refractivity contribution < 1.29 is 0 Å². The highest BCUT2D eigenvalue weighted by Gasteiger charge is 2.26. The second-order valence-corrected chi connectivity index (χ2v) is 6.46. The van der Waals surface area contributed by atoms with Gasteiger partial charge in [-0.1, -0.05) is 48.0 Å². The Morgan fingerprint density at radius 2 is 1.86 bits per heavy atom. The number of nitrogens with zero attached hydrogens (tertiary/aromatic N) is 2. The summed E-state index contributed by atoms with van der Waals surface area (Å²) < 4.78 is 0. The number of aliphatic imine (C=N–C) groups is 1. The SMILES string of the molecule is CC1(C)Cc2ccccc2C(N/N=C/c2ccc(Cl)cc2)=N1. The minimum absolute atomic E-state index is 0.119. The molecule has 1 aliphatic rings. The molecule has 1 aliphatic heterocycles. The van der Waals surface area contributed by atoms with Gasteiger partial charge in [0.25, 0.3) is 0 Å². The number of hydrogen-bond acceptors (Lipinski definition) is 3. The van der Waals surface area contributed by atoms with E-state index in [-0.39, 0.29) is 5.54 Å². The average molecular weight is 312 g/mol. The van der Waals surface area contributed by atoms with Crippen LogP contribution >= 0.6 is 11.6 Å². The van der Waals surface area contributed by atoms with E-state index in [0.717, 1.165) is 28.4 Å². The molecule has 0 unspecified atom stereocenters. The lowest BCUT2D eigenvalue weighted by atomic mass is 9.89. The van der Waals surface area contributed by atoms with Crippen molar-refractivity contribution in [3.63, 3.8) is 0 Å². The molecule has 22 heavy (non-hydrogen) atoms. The molecule has 0 aliphatic carbocycles. The first-order chi connectivity index (χ1) is 10.5. The Bertz CT molecular complexity index is 730. The fourth-order valence-electron chi connectivity index (χ4n) is 2.58. The topological polar surface area (TPSA) is 36.8 Å². The number of hydrogen-bond donors (Lipinski definition) is 1. The smallest absolute Gasteiger partial charge is 0.149 e. The standard InChI is InChI=1S/C18H18ClN3/c1-18(2)11-14-5-3-4-6-16(14)17(21-18)22-20-12-13-7-9-15(19)10-8-13/h3-10,12H,11H2,1-2H3,(H,21,22)/b20-12+. The van der Waals surface area contributed by atoms with Crippen molar-refractivity contribution in [2.75, 3.05) is 0 Å². The van der Waals surface area contributed by atoms with Crippen LogP contribution in [0.4, 0.5) is 0 Å². The van der Waals surface area contributed by atoms with Crippen LogP contribution in [0.25, 0.3) is 0 Å².